The van der Waals surface area contributed by atoms with Crippen LogP contribution in [0.15, 0.2) is 52.2 Å². The summed E-state index contributed by atoms with van der Waals surface area (Å²) in [7, 11) is 0. The summed E-state index contributed by atoms with van der Waals surface area (Å²) < 4.78 is 12.2. The molecule has 1 heterocycles. The molecule has 0 aliphatic carbocycles. The number of hydrogen-bond donors (Lipinski definition) is 1. The number of aryl methyl sites for hydroxylation is 1. The van der Waals surface area contributed by atoms with Gasteiger partial charge in [0, 0.05) is 28.5 Å². The molecule has 7 heteroatoms. The number of ether oxygens (including phenoxy) is 2. The van der Waals surface area contributed by atoms with Crippen molar-refractivity contribution in [3.63, 3.8) is 0 Å². The third-order valence-corrected chi connectivity index (χ3v) is 6.20. The molecule has 1 aromatic heterocycles. The molecule has 0 radical (unpaired) electrons. The van der Waals surface area contributed by atoms with E-state index >= 15 is 0 Å². The van der Waals surface area contributed by atoms with Gasteiger partial charge >= 0.3 is 0 Å². The first-order chi connectivity index (χ1) is 14.1. The second kappa shape index (κ2) is 10.3. The van der Waals surface area contributed by atoms with Gasteiger partial charge in [-0.1, -0.05) is 23.9 Å². The number of benzene rings is 2. The first kappa shape index (κ1) is 21.2. The molecule has 0 aliphatic rings. The van der Waals surface area contributed by atoms with Crippen molar-refractivity contribution >= 4 is 34.7 Å². The molecule has 0 atom stereocenters. The fraction of sp³-hybridized carbons (Fsp3) is 0.273. The van der Waals surface area contributed by atoms with E-state index in [-0.39, 0.29) is 5.91 Å². The number of aromatic nitrogens is 1. The second-order valence-electron chi connectivity index (χ2n) is 6.22. The van der Waals surface area contributed by atoms with Crippen molar-refractivity contribution in [3.8, 4) is 11.5 Å². The Hall–Kier alpha value is -2.51. The van der Waals surface area contributed by atoms with Crippen molar-refractivity contribution in [2.24, 2.45) is 0 Å². The molecule has 0 unspecified atom stereocenters. The molecular formula is C22H24N2O3S2. The quantitative estimate of drug-likeness (QED) is 0.437. The number of nitrogens with one attached hydrogen (secondary N) is 1. The normalized spacial score (nSPS) is 10.6. The van der Waals surface area contributed by atoms with Crippen LogP contribution in [0.25, 0.3) is 0 Å². The van der Waals surface area contributed by atoms with E-state index in [1.54, 1.807) is 29.2 Å². The summed E-state index contributed by atoms with van der Waals surface area (Å²) in [6.45, 7) is 6.90. The molecule has 152 valence electrons. The Morgan fingerprint density at radius 3 is 2.52 bits per heavy atom. The SMILES string of the molecule is CCOc1ccc(OCC)c(NC(=O)c2ccc(CSc3nc(C)cs3)cc2)c1. The van der Waals surface area contributed by atoms with Crippen molar-refractivity contribution in [3.05, 3.63) is 64.7 Å². The smallest absolute Gasteiger partial charge is 0.255 e. The van der Waals surface area contributed by atoms with Crippen LogP contribution in [0.2, 0.25) is 0 Å². The van der Waals surface area contributed by atoms with Gasteiger partial charge < -0.3 is 14.8 Å². The van der Waals surface area contributed by atoms with E-state index in [9.17, 15) is 4.79 Å². The lowest BCUT2D eigenvalue weighted by Gasteiger charge is -2.13. The number of hydrogen-bond acceptors (Lipinski definition) is 6. The molecular weight excluding hydrogens is 404 g/mol. The van der Waals surface area contributed by atoms with Crippen LogP contribution in [-0.2, 0) is 5.75 Å². The van der Waals surface area contributed by atoms with Gasteiger partial charge in [0.2, 0.25) is 0 Å². The van der Waals surface area contributed by atoms with Crippen molar-refractivity contribution in [2.75, 3.05) is 18.5 Å². The molecule has 29 heavy (non-hydrogen) atoms. The summed E-state index contributed by atoms with van der Waals surface area (Å²) in [5.41, 5.74) is 3.38. The van der Waals surface area contributed by atoms with Crippen LogP contribution in [-0.4, -0.2) is 24.1 Å². The largest absolute Gasteiger partial charge is 0.494 e. The Morgan fingerprint density at radius 2 is 1.86 bits per heavy atom. The Labute approximate surface area is 179 Å². The van der Waals surface area contributed by atoms with Gasteiger partial charge in [-0.2, -0.15) is 0 Å². The molecule has 0 bridgehead atoms. The highest BCUT2D eigenvalue weighted by Crippen LogP contribution is 2.30. The number of nitrogens with zero attached hydrogens (tertiary/aromatic N) is 1. The molecule has 0 fully saturated rings. The number of thiazole rings is 1. The van der Waals surface area contributed by atoms with Gasteiger partial charge in [0.25, 0.3) is 5.91 Å². The second-order valence-corrected chi connectivity index (χ2v) is 8.30. The Balaban J connectivity index is 1.66. The minimum absolute atomic E-state index is 0.186. The molecule has 3 rings (SSSR count). The molecule has 5 nitrogen and oxygen atoms in total. The maximum Gasteiger partial charge on any atom is 0.255 e. The molecule has 1 N–H and O–H groups in total. The van der Waals surface area contributed by atoms with Crippen LogP contribution in [0.1, 0.15) is 35.5 Å². The first-order valence-corrected chi connectivity index (χ1v) is 11.3. The van der Waals surface area contributed by atoms with Crippen molar-refractivity contribution < 1.29 is 14.3 Å². The minimum Gasteiger partial charge on any atom is -0.494 e. The van der Waals surface area contributed by atoms with Gasteiger partial charge in [-0.15, -0.1) is 11.3 Å². The van der Waals surface area contributed by atoms with Crippen LogP contribution in [0.4, 0.5) is 5.69 Å². The van der Waals surface area contributed by atoms with E-state index in [1.807, 2.05) is 62.5 Å². The predicted molar refractivity (Wildman–Crippen MR) is 120 cm³/mol. The van der Waals surface area contributed by atoms with E-state index in [1.165, 1.54) is 0 Å². The van der Waals surface area contributed by atoms with Gasteiger partial charge in [-0.25, -0.2) is 4.98 Å². The molecule has 3 aromatic rings. The van der Waals surface area contributed by atoms with Gasteiger partial charge in [-0.05, 0) is 50.6 Å². The average Bonchev–Trinajstić information content (AvgIpc) is 3.14. The Kier molecular flexibility index (Phi) is 7.55. The lowest BCUT2D eigenvalue weighted by Crippen LogP contribution is -2.13. The maximum atomic E-state index is 12.7. The van der Waals surface area contributed by atoms with Crippen LogP contribution in [0, 0.1) is 6.92 Å². The topological polar surface area (TPSA) is 60.5 Å². The van der Waals surface area contributed by atoms with E-state index in [0.29, 0.717) is 36.0 Å². The molecule has 1 amide bonds. The number of thioether (sulfide) groups is 1. The van der Waals surface area contributed by atoms with Gasteiger partial charge in [0.05, 0.1) is 18.9 Å². The van der Waals surface area contributed by atoms with Crippen molar-refractivity contribution in [1.82, 2.24) is 4.98 Å². The van der Waals surface area contributed by atoms with E-state index in [4.69, 9.17) is 9.47 Å². The number of rotatable bonds is 9. The highest BCUT2D eigenvalue weighted by Gasteiger charge is 2.12. The van der Waals surface area contributed by atoms with Gasteiger partial charge in [0.1, 0.15) is 15.8 Å². The predicted octanol–water partition coefficient (Wildman–Crippen LogP) is 5.79. The van der Waals surface area contributed by atoms with Gasteiger partial charge in [0.15, 0.2) is 0 Å². The minimum atomic E-state index is -0.186. The average molecular weight is 429 g/mol. The van der Waals surface area contributed by atoms with E-state index in [2.05, 4.69) is 10.3 Å². The summed E-state index contributed by atoms with van der Waals surface area (Å²) in [6, 6.07) is 13.1. The van der Waals surface area contributed by atoms with Gasteiger partial charge in [-0.3, -0.25) is 4.79 Å². The maximum absolute atomic E-state index is 12.7. The van der Waals surface area contributed by atoms with Crippen LogP contribution in [0.3, 0.4) is 0 Å². The van der Waals surface area contributed by atoms with E-state index < -0.39 is 0 Å². The third-order valence-electron chi connectivity index (χ3n) is 3.99. The Bertz CT molecular complexity index is 955. The Morgan fingerprint density at radius 1 is 1.10 bits per heavy atom. The summed E-state index contributed by atoms with van der Waals surface area (Å²) in [4.78, 5) is 17.2. The molecule has 2 aromatic carbocycles. The number of amides is 1. The lowest BCUT2D eigenvalue weighted by molar-refractivity contribution is 0.102. The van der Waals surface area contributed by atoms with Crippen molar-refractivity contribution in [1.29, 1.82) is 0 Å². The van der Waals surface area contributed by atoms with Crippen LogP contribution < -0.4 is 14.8 Å². The number of carbonyl (C=O) groups is 1. The fourth-order valence-electron chi connectivity index (χ4n) is 2.64. The summed E-state index contributed by atoms with van der Waals surface area (Å²) in [5.74, 6) is 1.95. The first-order valence-electron chi connectivity index (χ1n) is 9.44. The monoisotopic (exact) mass is 428 g/mol. The number of carbonyl (C=O) groups excluding carboxylic acids is 1. The van der Waals surface area contributed by atoms with Crippen LogP contribution in [0.5, 0.6) is 11.5 Å². The fourth-order valence-corrected chi connectivity index (χ4v) is 4.44. The molecule has 0 saturated heterocycles. The van der Waals surface area contributed by atoms with Crippen LogP contribution >= 0.6 is 23.1 Å². The highest BCUT2D eigenvalue weighted by molar-refractivity contribution is 8.00. The zero-order valence-corrected chi connectivity index (χ0v) is 18.4. The van der Waals surface area contributed by atoms with Crippen molar-refractivity contribution in [2.45, 2.75) is 30.9 Å². The zero-order chi connectivity index (χ0) is 20.6. The third kappa shape index (κ3) is 5.98. The molecule has 0 aliphatic heterocycles. The zero-order valence-electron chi connectivity index (χ0n) is 16.7. The molecule has 0 spiro atoms. The lowest BCUT2D eigenvalue weighted by atomic mass is 10.1. The number of anilines is 1. The summed E-state index contributed by atoms with van der Waals surface area (Å²) in [5, 5.41) is 4.98. The summed E-state index contributed by atoms with van der Waals surface area (Å²) >= 11 is 3.35. The highest BCUT2D eigenvalue weighted by atomic mass is 32.2. The van der Waals surface area contributed by atoms with E-state index in [0.717, 1.165) is 21.3 Å². The molecule has 0 saturated carbocycles. The standard InChI is InChI=1S/C22H24N2O3S2/c1-4-26-18-10-11-20(27-5-2)19(12-18)24-21(25)17-8-6-16(7-9-17)14-29-22-23-15(3)13-28-22/h6-13H,4-5,14H2,1-3H3,(H,24,25). The summed E-state index contributed by atoms with van der Waals surface area (Å²) in [6.07, 6.45) is 0.